The van der Waals surface area contributed by atoms with Gasteiger partial charge >= 0.3 is 7.12 Å². The predicted molar refractivity (Wildman–Crippen MR) is 53.7 cm³/mol. The highest BCUT2D eigenvalue weighted by atomic mass is 16.7. The summed E-state index contributed by atoms with van der Waals surface area (Å²) in [5.41, 5.74) is 0.800. The van der Waals surface area contributed by atoms with Crippen molar-refractivity contribution in [1.29, 1.82) is 0 Å². The topological polar surface area (TPSA) is 52.6 Å². The molecule has 4 nitrogen and oxygen atoms in total. The quantitative estimate of drug-likeness (QED) is 0.494. The lowest BCUT2D eigenvalue weighted by Crippen LogP contribution is -2.32. The van der Waals surface area contributed by atoms with E-state index in [1.54, 1.807) is 0 Å². The molecule has 1 aliphatic heterocycles. The van der Waals surface area contributed by atoms with Gasteiger partial charge in [-0.3, -0.25) is 0 Å². The van der Waals surface area contributed by atoms with Gasteiger partial charge < -0.3 is 18.9 Å². The maximum absolute atomic E-state index is 10.6. The number of hydrogen-bond acceptors (Lipinski definition) is 4. The van der Waals surface area contributed by atoms with Crippen LogP contribution in [0.25, 0.3) is 0 Å². The largest absolute Gasteiger partial charge is 0.495 e. The van der Waals surface area contributed by atoms with Crippen LogP contribution in [0.5, 0.6) is 0 Å². The summed E-state index contributed by atoms with van der Waals surface area (Å²) in [4.78, 5) is 21.2. The van der Waals surface area contributed by atoms with Crippen LogP contribution in [0.4, 0.5) is 0 Å². The van der Waals surface area contributed by atoms with Gasteiger partial charge in [-0.1, -0.05) is 30.3 Å². The lowest BCUT2D eigenvalue weighted by molar-refractivity contribution is -0.121. The molecule has 15 heavy (non-hydrogen) atoms. The molecule has 0 N–H and O–H groups in total. The van der Waals surface area contributed by atoms with E-state index in [0.717, 1.165) is 5.46 Å². The number of carbonyl (C=O) groups is 2. The fourth-order valence-corrected chi connectivity index (χ4v) is 1.46. The van der Waals surface area contributed by atoms with Crippen molar-refractivity contribution in [1.82, 2.24) is 0 Å². The Labute approximate surface area is 87.3 Å². The first kappa shape index (κ1) is 10.1. The molecule has 5 heteroatoms. The van der Waals surface area contributed by atoms with E-state index < -0.39 is 19.3 Å². The van der Waals surface area contributed by atoms with Gasteiger partial charge in [-0.25, -0.2) is 0 Å². The molecule has 1 heterocycles. The van der Waals surface area contributed by atoms with Gasteiger partial charge in [0.25, 0.3) is 0 Å². The van der Waals surface area contributed by atoms with Crippen molar-refractivity contribution < 1.29 is 18.9 Å². The van der Waals surface area contributed by atoms with Crippen molar-refractivity contribution in [2.45, 2.75) is 12.2 Å². The lowest BCUT2D eigenvalue weighted by atomic mass is 9.79. The molecule has 0 amide bonds. The van der Waals surface area contributed by atoms with E-state index in [1.807, 2.05) is 30.3 Å². The molecule has 0 aliphatic carbocycles. The Morgan fingerprint density at radius 2 is 1.53 bits per heavy atom. The fourth-order valence-electron chi connectivity index (χ4n) is 1.46. The van der Waals surface area contributed by atoms with E-state index in [2.05, 4.69) is 0 Å². The molecule has 2 rings (SSSR count). The van der Waals surface area contributed by atoms with E-state index >= 15 is 0 Å². The summed E-state index contributed by atoms with van der Waals surface area (Å²) in [5.74, 6) is 0. The molecule has 0 radical (unpaired) electrons. The summed E-state index contributed by atoms with van der Waals surface area (Å²) in [6.07, 6.45) is -0.426. The van der Waals surface area contributed by atoms with Crippen molar-refractivity contribution in [2.75, 3.05) is 0 Å². The van der Waals surface area contributed by atoms with Crippen LogP contribution < -0.4 is 5.46 Å². The molecule has 1 aromatic rings. The second kappa shape index (κ2) is 4.38. The minimum absolute atomic E-state index is 0.585. The van der Waals surface area contributed by atoms with Gasteiger partial charge in [0, 0.05) is 0 Å². The molecular formula is C10H9BO4. The molecule has 0 saturated carbocycles. The molecular weight excluding hydrogens is 195 g/mol. The minimum atomic E-state index is -0.798. The molecule has 2 atom stereocenters. The number of aldehydes is 2. The highest BCUT2D eigenvalue weighted by molar-refractivity contribution is 6.62. The number of rotatable bonds is 3. The Hall–Kier alpha value is -1.46. The van der Waals surface area contributed by atoms with Gasteiger partial charge in [-0.15, -0.1) is 0 Å². The van der Waals surface area contributed by atoms with Gasteiger partial charge in [0.15, 0.2) is 0 Å². The molecule has 76 valence electrons. The Morgan fingerprint density at radius 3 is 2.00 bits per heavy atom. The summed E-state index contributed by atoms with van der Waals surface area (Å²) >= 11 is 0. The highest BCUT2D eigenvalue weighted by Gasteiger charge is 2.40. The van der Waals surface area contributed by atoms with Crippen LogP contribution in [-0.2, 0) is 18.9 Å². The normalized spacial score (nSPS) is 25.2. The summed E-state index contributed by atoms with van der Waals surface area (Å²) in [7, 11) is -0.628. The first-order valence-corrected chi connectivity index (χ1v) is 4.61. The monoisotopic (exact) mass is 204 g/mol. The van der Waals surface area contributed by atoms with E-state index in [0.29, 0.717) is 12.6 Å². The zero-order valence-electron chi connectivity index (χ0n) is 7.91. The van der Waals surface area contributed by atoms with Crippen LogP contribution in [0.2, 0.25) is 0 Å². The van der Waals surface area contributed by atoms with Gasteiger partial charge in [0.05, 0.1) is 0 Å². The smallest absolute Gasteiger partial charge is 0.394 e. The average molecular weight is 204 g/mol. The third-order valence-corrected chi connectivity index (χ3v) is 2.23. The maximum atomic E-state index is 10.6. The van der Waals surface area contributed by atoms with Crippen LogP contribution in [0.15, 0.2) is 30.3 Å². The van der Waals surface area contributed by atoms with E-state index in [9.17, 15) is 9.59 Å². The van der Waals surface area contributed by atoms with Crippen molar-refractivity contribution in [2.24, 2.45) is 0 Å². The maximum Gasteiger partial charge on any atom is 0.495 e. The zero-order valence-corrected chi connectivity index (χ0v) is 7.91. The van der Waals surface area contributed by atoms with Crippen molar-refractivity contribution >= 4 is 25.2 Å². The van der Waals surface area contributed by atoms with E-state index in [-0.39, 0.29) is 0 Å². The minimum Gasteiger partial charge on any atom is -0.394 e. The van der Waals surface area contributed by atoms with Crippen molar-refractivity contribution in [3.05, 3.63) is 30.3 Å². The molecule has 1 aliphatic rings. The Balaban J connectivity index is 2.15. The summed E-state index contributed by atoms with van der Waals surface area (Å²) in [6, 6.07) is 9.19. The summed E-state index contributed by atoms with van der Waals surface area (Å²) in [6.45, 7) is 0. The van der Waals surface area contributed by atoms with Crippen LogP contribution in [0, 0.1) is 0 Å². The predicted octanol–water partition coefficient (Wildman–Crippen LogP) is -0.436. The molecule has 1 aromatic carbocycles. The van der Waals surface area contributed by atoms with E-state index in [4.69, 9.17) is 9.31 Å². The molecule has 0 spiro atoms. The molecule has 1 fully saturated rings. The van der Waals surface area contributed by atoms with Crippen LogP contribution in [0.1, 0.15) is 0 Å². The second-order valence-electron chi connectivity index (χ2n) is 3.22. The van der Waals surface area contributed by atoms with Gasteiger partial charge in [0.1, 0.15) is 24.8 Å². The Bertz CT molecular complexity index is 338. The van der Waals surface area contributed by atoms with Crippen LogP contribution in [0.3, 0.4) is 0 Å². The average Bonchev–Trinajstić information content (AvgIpc) is 2.73. The SMILES string of the molecule is O=C[C@H]1OB(c2ccccc2)O[C@@H]1C=O. The van der Waals surface area contributed by atoms with Gasteiger partial charge in [-0.05, 0) is 5.46 Å². The third kappa shape index (κ3) is 1.98. The second-order valence-corrected chi connectivity index (χ2v) is 3.22. The zero-order chi connectivity index (χ0) is 10.7. The highest BCUT2D eigenvalue weighted by Crippen LogP contribution is 2.13. The summed E-state index contributed by atoms with van der Waals surface area (Å²) in [5, 5.41) is 0. The van der Waals surface area contributed by atoms with Crippen LogP contribution in [-0.4, -0.2) is 31.9 Å². The standard InChI is InChI=1S/C10H9BO4/c12-6-9-10(7-13)15-11(14-9)8-4-2-1-3-5-8/h1-7,9-10H/t9-,10-/m1/s1. The number of hydrogen-bond donors (Lipinski definition) is 0. The van der Waals surface area contributed by atoms with Gasteiger partial charge in [0.2, 0.25) is 0 Å². The summed E-state index contributed by atoms with van der Waals surface area (Å²) < 4.78 is 10.6. The van der Waals surface area contributed by atoms with Crippen LogP contribution >= 0.6 is 0 Å². The molecule has 0 aromatic heterocycles. The Morgan fingerprint density at radius 1 is 1.00 bits per heavy atom. The van der Waals surface area contributed by atoms with Gasteiger partial charge in [-0.2, -0.15) is 0 Å². The van der Waals surface area contributed by atoms with Crippen molar-refractivity contribution in [3.8, 4) is 0 Å². The fraction of sp³-hybridized carbons (Fsp3) is 0.200. The Kier molecular flexibility index (Phi) is 2.94. The number of carbonyl (C=O) groups excluding carboxylic acids is 2. The molecule has 1 saturated heterocycles. The number of benzene rings is 1. The first-order valence-electron chi connectivity index (χ1n) is 4.61. The molecule has 0 unspecified atom stereocenters. The first-order chi connectivity index (χ1) is 7.35. The molecule has 0 bridgehead atoms. The lowest BCUT2D eigenvalue weighted by Gasteiger charge is -2.02. The third-order valence-electron chi connectivity index (χ3n) is 2.23. The van der Waals surface area contributed by atoms with Crippen molar-refractivity contribution in [3.63, 3.8) is 0 Å². The van der Waals surface area contributed by atoms with E-state index in [1.165, 1.54) is 0 Å².